The molecule has 3 amide bonds. The summed E-state index contributed by atoms with van der Waals surface area (Å²) >= 11 is 0. The first-order valence-electron chi connectivity index (χ1n) is 12.4. The Morgan fingerprint density at radius 2 is 1.72 bits per heavy atom. The molecule has 0 atom stereocenters. The molecule has 2 heterocycles. The van der Waals surface area contributed by atoms with Gasteiger partial charge in [0.15, 0.2) is 5.69 Å². The van der Waals surface area contributed by atoms with Crippen LogP contribution in [0.3, 0.4) is 0 Å². The molecule has 0 spiro atoms. The summed E-state index contributed by atoms with van der Waals surface area (Å²) in [6, 6.07) is 13.3. The number of rotatable bonds is 8. The highest BCUT2D eigenvalue weighted by Gasteiger charge is 2.36. The number of carbonyl (C=O) groups is 3. The predicted molar refractivity (Wildman–Crippen MR) is 148 cm³/mol. The van der Waals surface area contributed by atoms with Crippen LogP contribution in [-0.2, 0) is 13.2 Å². The van der Waals surface area contributed by atoms with Crippen LogP contribution in [-0.4, -0.2) is 34.0 Å². The van der Waals surface area contributed by atoms with Crippen LogP contribution in [0.25, 0.3) is 11.1 Å². The second kappa shape index (κ2) is 11.9. The first-order chi connectivity index (χ1) is 20.3. The lowest BCUT2D eigenvalue weighted by molar-refractivity contribution is -0.141. The van der Waals surface area contributed by atoms with Crippen molar-refractivity contribution in [2.24, 2.45) is 12.8 Å². The van der Waals surface area contributed by atoms with Gasteiger partial charge in [-0.2, -0.15) is 23.2 Å². The molecule has 4 rings (SSSR count). The Hall–Kier alpha value is -5.91. The number of nitriles is 1. The van der Waals surface area contributed by atoms with Gasteiger partial charge in [0.25, 0.3) is 17.4 Å². The SMILES string of the molecule is CCNc1c(C(=O)Nc2ccc(-c3c(C#N)on(C)c3=O)cc2)cc(C(F)(F)F)nc1C(=O)Nc1cccc(C(N)=O)c1. The van der Waals surface area contributed by atoms with E-state index in [2.05, 4.69) is 20.9 Å². The quantitative estimate of drug-likeness (QED) is 0.236. The molecule has 0 unspecified atom stereocenters. The fourth-order valence-electron chi connectivity index (χ4n) is 4.06. The lowest BCUT2D eigenvalue weighted by Crippen LogP contribution is -2.24. The van der Waals surface area contributed by atoms with Crippen LogP contribution in [0.15, 0.2) is 63.9 Å². The molecule has 43 heavy (non-hydrogen) atoms. The van der Waals surface area contributed by atoms with Crippen molar-refractivity contribution < 1.29 is 32.1 Å². The second-order valence-corrected chi connectivity index (χ2v) is 8.95. The maximum Gasteiger partial charge on any atom is 0.433 e. The van der Waals surface area contributed by atoms with Gasteiger partial charge in [-0.25, -0.2) is 4.98 Å². The first-order valence-corrected chi connectivity index (χ1v) is 12.4. The van der Waals surface area contributed by atoms with E-state index in [1.165, 1.54) is 55.6 Å². The highest BCUT2D eigenvalue weighted by molar-refractivity contribution is 6.14. The number of hydrogen-bond donors (Lipinski definition) is 4. The van der Waals surface area contributed by atoms with Crippen LogP contribution >= 0.6 is 0 Å². The Labute approximate surface area is 240 Å². The summed E-state index contributed by atoms with van der Waals surface area (Å²) in [4.78, 5) is 53.8. The molecule has 0 aliphatic heterocycles. The maximum atomic E-state index is 13.8. The molecule has 12 nitrogen and oxygen atoms in total. The standard InChI is InChI=1S/C28H22F3N7O5/c1-3-34-22-18(25(40)35-16-9-7-14(8-10-16)21-19(13-32)43-38(2)27(21)42)12-20(28(29,30)31)37-23(22)26(41)36-17-6-4-5-15(11-17)24(33)39/h4-12,34H,3H2,1-2H3,(H2,33,39)(H,35,40)(H,36,41). The van der Waals surface area contributed by atoms with Gasteiger partial charge in [-0.05, 0) is 48.9 Å². The largest absolute Gasteiger partial charge is 0.433 e. The Kier molecular flexibility index (Phi) is 8.32. The van der Waals surface area contributed by atoms with E-state index in [-0.39, 0.29) is 40.5 Å². The van der Waals surface area contributed by atoms with Crippen LogP contribution < -0.4 is 27.2 Å². The molecule has 0 radical (unpaired) electrons. The number of aromatic nitrogens is 2. The Balaban J connectivity index is 1.71. The van der Waals surface area contributed by atoms with E-state index >= 15 is 0 Å². The van der Waals surface area contributed by atoms with Gasteiger partial charge in [0.2, 0.25) is 11.7 Å². The van der Waals surface area contributed by atoms with Gasteiger partial charge in [-0.15, -0.1) is 0 Å². The summed E-state index contributed by atoms with van der Waals surface area (Å²) in [5.74, 6) is -3.09. The van der Waals surface area contributed by atoms with Crippen molar-refractivity contribution in [2.75, 3.05) is 22.5 Å². The third kappa shape index (κ3) is 6.38. The van der Waals surface area contributed by atoms with Crippen LogP contribution in [0.1, 0.15) is 49.6 Å². The van der Waals surface area contributed by atoms with Gasteiger partial charge in [0, 0.05) is 30.5 Å². The number of anilines is 3. The molecule has 2 aromatic heterocycles. The normalized spacial score (nSPS) is 11.0. The van der Waals surface area contributed by atoms with Crippen molar-refractivity contribution >= 4 is 34.8 Å². The average Bonchev–Trinajstić information content (AvgIpc) is 3.26. The zero-order chi connectivity index (χ0) is 31.5. The molecule has 220 valence electrons. The Morgan fingerprint density at radius 3 is 2.33 bits per heavy atom. The van der Waals surface area contributed by atoms with Gasteiger partial charge in [0.05, 0.1) is 11.3 Å². The second-order valence-electron chi connectivity index (χ2n) is 8.95. The molecule has 4 aromatic rings. The number of halogens is 3. The summed E-state index contributed by atoms with van der Waals surface area (Å²) in [5, 5.41) is 16.8. The van der Waals surface area contributed by atoms with Crippen molar-refractivity contribution in [3.63, 3.8) is 0 Å². The van der Waals surface area contributed by atoms with Gasteiger partial charge < -0.3 is 26.2 Å². The van der Waals surface area contributed by atoms with Crippen LogP contribution in [0.4, 0.5) is 30.2 Å². The number of nitrogens with one attached hydrogen (secondary N) is 3. The summed E-state index contributed by atoms with van der Waals surface area (Å²) in [6.07, 6.45) is -5.02. The van der Waals surface area contributed by atoms with E-state index in [4.69, 9.17) is 10.3 Å². The molecule has 0 saturated heterocycles. The Bertz CT molecular complexity index is 1840. The van der Waals surface area contributed by atoms with E-state index in [1.54, 1.807) is 13.0 Å². The highest BCUT2D eigenvalue weighted by Crippen LogP contribution is 2.33. The van der Waals surface area contributed by atoms with E-state index < -0.39 is 46.4 Å². The van der Waals surface area contributed by atoms with Crippen LogP contribution in [0.2, 0.25) is 0 Å². The smallest absolute Gasteiger partial charge is 0.383 e. The van der Waals surface area contributed by atoms with E-state index in [0.29, 0.717) is 11.6 Å². The molecule has 2 aromatic carbocycles. The van der Waals surface area contributed by atoms with Crippen molar-refractivity contribution in [3.8, 4) is 17.2 Å². The summed E-state index contributed by atoms with van der Waals surface area (Å²) in [7, 11) is 1.33. The van der Waals surface area contributed by atoms with Crippen molar-refractivity contribution in [1.29, 1.82) is 5.26 Å². The number of primary amides is 1. The topological polar surface area (TPSA) is 185 Å². The third-order valence-corrected chi connectivity index (χ3v) is 6.02. The molecule has 15 heteroatoms. The van der Waals surface area contributed by atoms with Gasteiger partial charge in [0.1, 0.15) is 17.3 Å². The van der Waals surface area contributed by atoms with Gasteiger partial charge in [-0.3, -0.25) is 19.2 Å². The minimum absolute atomic E-state index is 0.00159. The molecular weight excluding hydrogens is 571 g/mol. The maximum absolute atomic E-state index is 13.8. The number of aryl methyl sites for hydroxylation is 1. The lowest BCUT2D eigenvalue weighted by Gasteiger charge is -2.18. The molecule has 0 saturated carbocycles. The molecule has 0 fully saturated rings. The molecule has 0 aliphatic rings. The monoisotopic (exact) mass is 593 g/mol. The molecule has 0 bridgehead atoms. The number of alkyl halides is 3. The third-order valence-electron chi connectivity index (χ3n) is 6.02. The van der Waals surface area contributed by atoms with Crippen molar-refractivity contribution in [2.45, 2.75) is 13.1 Å². The zero-order valence-electron chi connectivity index (χ0n) is 22.5. The molecule has 5 N–H and O–H groups in total. The number of amides is 3. The predicted octanol–water partition coefficient (Wildman–Crippen LogP) is 3.97. The highest BCUT2D eigenvalue weighted by atomic mass is 19.4. The van der Waals surface area contributed by atoms with Gasteiger partial charge >= 0.3 is 6.18 Å². The van der Waals surface area contributed by atoms with Gasteiger partial charge in [-0.1, -0.05) is 18.2 Å². The number of nitrogens with zero attached hydrogens (tertiary/aromatic N) is 3. The fraction of sp³-hybridized carbons (Fsp3) is 0.143. The van der Waals surface area contributed by atoms with Crippen molar-refractivity contribution in [1.82, 2.24) is 9.72 Å². The average molecular weight is 594 g/mol. The van der Waals surface area contributed by atoms with Crippen LogP contribution in [0.5, 0.6) is 0 Å². The summed E-state index contributed by atoms with van der Waals surface area (Å²) < 4.78 is 47.5. The molecular formula is C28H22F3N7O5. The first kappa shape index (κ1) is 30.1. The van der Waals surface area contributed by atoms with Crippen LogP contribution in [0, 0.1) is 11.3 Å². The van der Waals surface area contributed by atoms with E-state index in [1.807, 2.05) is 0 Å². The summed E-state index contributed by atoms with van der Waals surface area (Å²) in [6.45, 7) is 1.71. The number of benzene rings is 2. The summed E-state index contributed by atoms with van der Waals surface area (Å²) in [5.41, 5.74) is 2.22. The minimum atomic E-state index is -5.02. The number of pyridine rings is 1. The number of nitrogens with two attached hydrogens (primary N) is 1. The van der Waals surface area contributed by atoms with E-state index in [9.17, 15) is 37.6 Å². The molecule has 0 aliphatic carbocycles. The van der Waals surface area contributed by atoms with E-state index in [0.717, 1.165) is 4.74 Å². The fourth-order valence-corrected chi connectivity index (χ4v) is 4.06. The number of carbonyl (C=O) groups excluding carboxylic acids is 3. The Morgan fingerprint density at radius 1 is 1.05 bits per heavy atom. The van der Waals surface area contributed by atoms with Crippen molar-refractivity contribution in [3.05, 3.63) is 93.2 Å². The lowest BCUT2D eigenvalue weighted by atomic mass is 10.1. The number of hydrogen-bond acceptors (Lipinski definition) is 8. The zero-order valence-corrected chi connectivity index (χ0v) is 22.5. The minimum Gasteiger partial charge on any atom is -0.383 e.